The number of carbonyl (C=O) groups is 1. The summed E-state index contributed by atoms with van der Waals surface area (Å²) in [7, 11) is 1.57. The molecule has 4 aromatic rings. The Kier molecular flexibility index (Phi) is 5.33. The lowest BCUT2D eigenvalue weighted by Crippen LogP contribution is -2.23. The van der Waals surface area contributed by atoms with Crippen LogP contribution in [0.5, 0.6) is 5.75 Å². The molecule has 1 N–H and O–H groups in total. The van der Waals surface area contributed by atoms with Crippen LogP contribution in [0.1, 0.15) is 19.7 Å². The van der Waals surface area contributed by atoms with Crippen LogP contribution in [0.15, 0.2) is 52.6 Å². The highest BCUT2D eigenvalue weighted by molar-refractivity contribution is 7.12. The molecule has 0 aliphatic heterocycles. The molecule has 4 rings (SSSR count). The number of carbonyl (C=O) groups excluding carboxylic acids is 1. The highest BCUT2D eigenvalue weighted by Gasteiger charge is 2.19. The second-order valence-electron chi connectivity index (χ2n) is 6.62. The van der Waals surface area contributed by atoms with Gasteiger partial charge in [-0.25, -0.2) is 14.5 Å². The van der Waals surface area contributed by atoms with Gasteiger partial charge in [-0.05, 0) is 24.3 Å². The van der Waals surface area contributed by atoms with E-state index in [2.05, 4.69) is 10.3 Å². The van der Waals surface area contributed by atoms with Crippen LogP contribution in [0, 0.1) is 0 Å². The van der Waals surface area contributed by atoms with Gasteiger partial charge in [0.25, 0.3) is 5.56 Å². The highest BCUT2D eigenvalue weighted by atomic mass is 32.1. The minimum atomic E-state index is -0.192. The minimum Gasteiger partial charge on any atom is -0.496 e. The van der Waals surface area contributed by atoms with Crippen LogP contribution in [0.3, 0.4) is 0 Å². The molecule has 0 fully saturated rings. The van der Waals surface area contributed by atoms with E-state index in [1.807, 2.05) is 30.5 Å². The van der Waals surface area contributed by atoms with Gasteiger partial charge in [-0.15, -0.1) is 11.3 Å². The number of hydrogen-bond donors (Lipinski definition) is 1. The van der Waals surface area contributed by atoms with Crippen molar-refractivity contribution >= 4 is 33.8 Å². The zero-order valence-corrected chi connectivity index (χ0v) is 17.6. The highest BCUT2D eigenvalue weighted by Crippen LogP contribution is 2.37. The molecule has 1 amide bonds. The lowest BCUT2D eigenvalue weighted by atomic mass is 10.1. The van der Waals surface area contributed by atoms with Gasteiger partial charge in [0.15, 0.2) is 5.13 Å². The van der Waals surface area contributed by atoms with Gasteiger partial charge in [-0.2, -0.15) is 0 Å². The number of benzene rings is 2. The fraction of sp³-hybridized carbons (Fsp3) is 0.182. The van der Waals surface area contributed by atoms with E-state index >= 15 is 0 Å². The van der Waals surface area contributed by atoms with Crippen LogP contribution in [-0.2, 0) is 11.2 Å². The van der Waals surface area contributed by atoms with E-state index < -0.39 is 0 Å². The SMILES string of the molecule is CCc1nc2ccccc2c(=O)n1-c1nc(-c2c(NC(C)=O)cccc2OC)cs1. The number of ether oxygens (including phenoxy) is 1. The van der Waals surface area contributed by atoms with Crippen LogP contribution >= 0.6 is 11.3 Å². The number of rotatable bonds is 5. The quantitative estimate of drug-likeness (QED) is 0.527. The van der Waals surface area contributed by atoms with Crippen molar-refractivity contribution in [1.82, 2.24) is 14.5 Å². The number of aryl methyl sites for hydroxylation is 1. The van der Waals surface area contributed by atoms with Crippen molar-refractivity contribution in [2.45, 2.75) is 20.3 Å². The summed E-state index contributed by atoms with van der Waals surface area (Å²) < 4.78 is 7.06. The molecule has 152 valence electrons. The van der Waals surface area contributed by atoms with Crippen LogP contribution in [0.25, 0.3) is 27.3 Å². The number of nitrogens with zero attached hydrogens (tertiary/aromatic N) is 3. The Bertz CT molecular complexity index is 1310. The summed E-state index contributed by atoms with van der Waals surface area (Å²) in [6.07, 6.45) is 0.584. The summed E-state index contributed by atoms with van der Waals surface area (Å²) in [5.74, 6) is 1.03. The van der Waals surface area contributed by atoms with Gasteiger partial charge < -0.3 is 10.1 Å². The Morgan fingerprint density at radius 3 is 2.70 bits per heavy atom. The molecule has 0 spiro atoms. The van der Waals surface area contributed by atoms with E-state index in [1.165, 1.54) is 18.3 Å². The van der Waals surface area contributed by atoms with Crippen molar-refractivity contribution in [3.63, 3.8) is 0 Å². The maximum absolute atomic E-state index is 13.2. The molecule has 0 radical (unpaired) electrons. The molecule has 30 heavy (non-hydrogen) atoms. The normalized spacial score (nSPS) is 10.9. The number of fused-ring (bicyclic) bond motifs is 1. The molecule has 0 bridgehead atoms. The number of amides is 1. The van der Waals surface area contributed by atoms with E-state index in [0.717, 1.165) is 0 Å². The van der Waals surface area contributed by atoms with Crippen LogP contribution in [0.4, 0.5) is 5.69 Å². The third-order valence-electron chi connectivity index (χ3n) is 4.66. The van der Waals surface area contributed by atoms with E-state index in [9.17, 15) is 9.59 Å². The molecular formula is C22H20N4O3S. The second kappa shape index (κ2) is 8.08. The van der Waals surface area contributed by atoms with Crippen LogP contribution in [0.2, 0.25) is 0 Å². The first-order valence-electron chi connectivity index (χ1n) is 9.45. The van der Waals surface area contributed by atoms with Gasteiger partial charge in [0.05, 0.1) is 35.0 Å². The van der Waals surface area contributed by atoms with Crippen molar-refractivity contribution in [3.8, 4) is 22.1 Å². The fourth-order valence-electron chi connectivity index (χ4n) is 3.35. The fourth-order valence-corrected chi connectivity index (χ4v) is 4.19. The maximum Gasteiger partial charge on any atom is 0.267 e. The summed E-state index contributed by atoms with van der Waals surface area (Å²) in [4.78, 5) is 34.2. The number of nitrogens with one attached hydrogen (secondary N) is 1. The standard InChI is InChI=1S/C22H20N4O3S/c1-4-19-24-15-9-6-5-8-14(15)21(28)26(19)22-25-17(12-30-22)20-16(23-13(2)27)10-7-11-18(20)29-3/h5-12H,4H2,1-3H3,(H,23,27). The number of para-hydroxylation sites is 1. The van der Waals surface area contributed by atoms with Crippen molar-refractivity contribution in [1.29, 1.82) is 0 Å². The number of aromatic nitrogens is 3. The molecule has 0 saturated heterocycles. The van der Waals surface area contributed by atoms with Gasteiger partial charge in [0.2, 0.25) is 5.91 Å². The Morgan fingerprint density at radius 2 is 1.97 bits per heavy atom. The number of hydrogen-bond acceptors (Lipinski definition) is 6. The van der Waals surface area contributed by atoms with Gasteiger partial charge in [-0.1, -0.05) is 25.1 Å². The lowest BCUT2D eigenvalue weighted by Gasteiger charge is -2.12. The summed E-state index contributed by atoms with van der Waals surface area (Å²) in [6.45, 7) is 3.40. The first kappa shape index (κ1) is 19.8. The van der Waals surface area contributed by atoms with Gasteiger partial charge >= 0.3 is 0 Å². The summed E-state index contributed by atoms with van der Waals surface area (Å²) >= 11 is 1.34. The van der Waals surface area contributed by atoms with Gasteiger partial charge in [0, 0.05) is 18.7 Å². The number of anilines is 1. The number of thiazole rings is 1. The zero-order valence-electron chi connectivity index (χ0n) is 16.8. The van der Waals surface area contributed by atoms with Crippen molar-refractivity contribution in [2.24, 2.45) is 0 Å². The van der Waals surface area contributed by atoms with E-state index in [1.54, 1.807) is 35.9 Å². The topological polar surface area (TPSA) is 86.1 Å². The molecule has 0 atom stereocenters. The number of methoxy groups -OCH3 is 1. The monoisotopic (exact) mass is 420 g/mol. The Labute approximate surface area is 177 Å². The van der Waals surface area contributed by atoms with E-state index in [0.29, 0.717) is 51.0 Å². The molecule has 7 nitrogen and oxygen atoms in total. The predicted octanol–water partition coefficient (Wildman–Crippen LogP) is 4.04. The zero-order chi connectivity index (χ0) is 21.3. The first-order chi connectivity index (χ1) is 14.5. The first-order valence-corrected chi connectivity index (χ1v) is 10.3. The lowest BCUT2D eigenvalue weighted by molar-refractivity contribution is -0.114. The van der Waals surface area contributed by atoms with E-state index in [4.69, 9.17) is 9.72 Å². The smallest absolute Gasteiger partial charge is 0.267 e. The molecule has 8 heteroatoms. The van der Waals surface area contributed by atoms with Gasteiger partial charge in [0.1, 0.15) is 11.6 Å². The maximum atomic E-state index is 13.2. The molecule has 2 heterocycles. The largest absolute Gasteiger partial charge is 0.496 e. The average Bonchev–Trinajstić information content (AvgIpc) is 3.22. The Hall–Kier alpha value is -3.52. The Morgan fingerprint density at radius 1 is 1.17 bits per heavy atom. The third kappa shape index (κ3) is 3.46. The molecule has 0 aliphatic rings. The van der Waals surface area contributed by atoms with E-state index in [-0.39, 0.29) is 11.5 Å². The van der Waals surface area contributed by atoms with Crippen molar-refractivity contribution in [2.75, 3.05) is 12.4 Å². The van der Waals surface area contributed by atoms with Crippen molar-refractivity contribution < 1.29 is 9.53 Å². The molecule has 0 saturated carbocycles. The van der Waals surface area contributed by atoms with Gasteiger partial charge in [-0.3, -0.25) is 9.59 Å². The summed E-state index contributed by atoms with van der Waals surface area (Å²) in [6, 6.07) is 12.7. The minimum absolute atomic E-state index is 0.152. The van der Waals surface area contributed by atoms with Crippen molar-refractivity contribution in [3.05, 3.63) is 64.0 Å². The molecule has 0 unspecified atom stereocenters. The average molecular weight is 420 g/mol. The molecular weight excluding hydrogens is 400 g/mol. The second-order valence-corrected chi connectivity index (χ2v) is 7.46. The predicted molar refractivity (Wildman–Crippen MR) is 119 cm³/mol. The third-order valence-corrected chi connectivity index (χ3v) is 5.48. The molecule has 2 aromatic carbocycles. The Balaban J connectivity index is 1.90. The van der Waals surface area contributed by atoms with Crippen LogP contribution < -0.4 is 15.6 Å². The molecule has 0 aliphatic carbocycles. The summed E-state index contributed by atoms with van der Waals surface area (Å²) in [5.41, 5.74) is 2.39. The van der Waals surface area contributed by atoms with Crippen LogP contribution in [-0.4, -0.2) is 27.6 Å². The molecule has 2 aromatic heterocycles. The summed E-state index contributed by atoms with van der Waals surface area (Å²) in [5, 5.41) is 5.73.